The molecule has 1 aliphatic heterocycles. The molecule has 0 radical (unpaired) electrons. The number of hydrogen-bond acceptors (Lipinski definition) is 4. The highest BCUT2D eigenvalue weighted by Gasteiger charge is 2.23. The minimum atomic E-state index is -0.243. The number of aromatic nitrogens is 2. The summed E-state index contributed by atoms with van der Waals surface area (Å²) in [5.74, 6) is 3.46. The summed E-state index contributed by atoms with van der Waals surface area (Å²) in [4.78, 5) is 0. The minimum Gasteiger partial charge on any atom is -0.392 e. The first-order valence-corrected chi connectivity index (χ1v) is 8.30. The molecule has 1 aliphatic rings. The van der Waals surface area contributed by atoms with Crippen LogP contribution in [-0.4, -0.2) is 43.5 Å². The van der Waals surface area contributed by atoms with Gasteiger partial charge in [0.15, 0.2) is 0 Å². The molecule has 0 bridgehead atoms. The number of hydrogen-bond donors (Lipinski definition) is 1. The fraction of sp³-hybridized carbons (Fsp3) is 0.750. The molecule has 0 spiro atoms. The number of nitrogens with zero attached hydrogens (tertiary/aromatic N) is 2. The van der Waals surface area contributed by atoms with E-state index in [9.17, 15) is 5.11 Å². The number of rotatable bonds is 4. The van der Waals surface area contributed by atoms with Gasteiger partial charge in [0.25, 0.3) is 0 Å². The molecule has 0 saturated carbocycles. The highest BCUT2D eigenvalue weighted by molar-refractivity contribution is 8.06. The molecule has 0 aliphatic carbocycles. The predicted molar refractivity (Wildman–Crippen MR) is 75.9 cm³/mol. The van der Waals surface area contributed by atoms with Crippen LogP contribution in [0, 0.1) is 0 Å². The molecule has 5 heteroatoms. The van der Waals surface area contributed by atoms with Gasteiger partial charge in [-0.15, -0.1) is 0 Å². The van der Waals surface area contributed by atoms with Gasteiger partial charge in [0, 0.05) is 41.7 Å². The Labute approximate surface area is 111 Å². The number of aliphatic hydroxyl groups excluding tert-OH is 1. The standard InChI is InChI=1S/C12H20N2OS2/c1-3-9-6-10(14(2)13-9)7-11(15)12-8-16-4-5-17-12/h6,11-12,15H,3-5,7-8H2,1-2H3. The summed E-state index contributed by atoms with van der Waals surface area (Å²) < 4.78 is 1.91. The summed E-state index contributed by atoms with van der Waals surface area (Å²) in [7, 11) is 1.96. The summed E-state index contributed by atoms with van der Waals surface area (Å²) in [6.45, 7) is 2.11. The van der Waals surface area contributed by atoms with Crippen molar-refractivity contribution in [3.63, 3.8) is 0 Å². The number of aryl methyl sites for hydroxylation is 2. The van der Waals surface area contributed by atoms with E-state index in [-0.39, 0.29) is 6.10 Å². The molecule has 96 valence electrons. The first-order valence-electron chi connectivity index (χ1n) is 6.10. The molecular weight excluding hydrogens is 252 g/mol. The number of aliphatic hydroxyl groups is 1. The quantitative estimate of drug-likeness (QED) is 0.906. The van der Waals surface area contributed by atoms with Crippen molar-refractivity contribution in [3.05, 3.63) is 17.5 Å². The van der Waals surface area contributed by atoms with E-state index in [4.69, 9.17) is 0 Å². The van der Waals surface area contributed by atoms with Crippen LogP contribution in [0.25, 0.3) is 0 Å². The van der Waals surface area contributed by atoms with Crippen molar-refractivity contribution in [2.24, 2.45) is 7.05 Å². The van der Waals surface area contributed by atoms with Crippen molar-refractivity contribution in [3.8, 4) is 0 Å². The molecule has 1 fully saturated rings. The third-order valence-electron chi connectivity index (χ3n) is 3.08. The van der Waals surface area contributed by atoms with Gasteiger partial charge >= 0.3 is 0 Å². The molecule has 2 heterocycles. The van der Waals surface area contributed by atoms with Crippen molar-refractivity contribution in [1.82, 2.24) is 9.78 Å². The second-order valence-electron chi connectivity index (χ2n) is 4.36. The maximum Gasteiger partial charge on any atom is 0.0721 e. The van der Waals surface area contributed by atoms with Crippen molar-refractivity contribution < 1.29 is 5.11 Å². The van der Waals surface area contributed by atoms with Gasteiger partial charge < -0.3 is 5.11 Å². The first-order chi connectivity index (χ1) is 8.20. The van der Waals surface area contributed by atoms with Crippen molar-refractivity contribution in [1.29, 1.82) is 0 Å². The van der Waals surface area contributed by atoms with Gasteiger partial charge in [0.2, 0.25) is 0 Å². The molecule has 2 atom stereocenters. The van der Waals surface area contributed by atoms with E-state index in [2.05, 4.69) is 18.1 Å². The SMILES string of the molecule is CCc1cc(CC(O)C2CSCCS2)n(C)n1. The average Bonchev–Trinajstić information content (AvgIpc) is 2.71. The highest BCUT2D eigenvalue weighted by atomic mass is 32.2. The van der Waals surface area contributed by atoms with Gasteiger partial charge in [-0.25, -0.2) is 0 Å². The van der Waals surface area contributed by atoms with Crippen LogP contribution in [0.2, 0.25) is 0 Å². The van der Waals surface area contributed by atoms with E-state index in [0.717, 1.165) is 35.7 Å². The van der Waals surface area contributed by atoms with Crippen LogP contribution in [-0.2, 0) is 19.9 Å². The van der Waals surface area contributed by atoms with Crippen LogP contribution < -0.4 is 0 Å². The summed E-state index contributed by atoms with van der Waals surface area (Å²) in [5, 5.41) is 15.1. The molecule has 3 nitrogen and oxygen atoms in total. The maximum absolute atomic E-state index is 10.3. The lowest BCUT2D eigenvalue weighted by atomic mass is 10.1. The van der Waals surface area contributed by atoms with Crippen molar-refractivity contribution in [2.75, 3.05) is 17.3 Å². The van der Waals surface area contributed by atoms with Crippen molar-refractivity contribution >= 4 is 23.5 Å². The van der Waals surface area contributed by atoms with E-state index in [1.165, 1.54) is 5.75 Å². The lowest BCUT2D eigenvalue weighted by Crippen LogP contribution is -2.31. The average molecular weight is 272 g/mol. The molecule has 2 rings (SSSR count). The summed E-state index contributed by atoms with van der Waals surface area (Å²) in [6.07, 6.45) is 1.44. The van der Waals surface area contributed by atoms with Crippen LogP contribution in [0.1, 0.15) is 18.3 Å². The third-order valence-corrected chi connectivity index (χ3v) is 5.98. The van der Waals surface area contributed by atoms with Crippen molar-refractivity contribution in [2.45, 2.75) is 31.1 Å². The molecule has 1 saturated heterocycles. The first kappa shape index (κ1) is 13.3. The van der Waals surface area contributed by atoms with E-state index >= 15 is 0 Å². The number of thioether (sulfide) groups is 2. The van der Waals surface area contributed by atoms with Crippen LogP contribution in [0.5, 0.6) is 0 Å². The minimum absolute atomic E-state index is 0.243. The lowest BCUT2D eigenvalue weighted by Gasteiger charge is -2.25. The fourth-order valence-corrected chi connectivity index (χ4v) is 4.78. The lowest BCUT2D eigenvalue weighted by molar-refractivity contribution is 0.175. The topological polar surface area (TPSA) is 38.0 Å². The smallest absolute Gasteiger partial charge is 0.0721 e. The molecule has 0 aromatic carbocycles. The maximum atomic E-state index is 10.3. The zero-order valence-corrected chi connectivity index (χ0v) is 12.1. The Balaban J connectivity index is 1.96. The molecule has 1 aromatic heterocycles. The molecule has 17 heavy (non-hydrogen) atoms. The Bertz CT molecular complexity index is 361. The van der Waals surface area contributed by atoms with Gasteiger partial charge in [0.1, 0.15) is 0 Å². The second-order valence-corrected chi connectivity index (χ2v) is 6.86. The zero-order valence-electron chi connectivity index (χ0n) is 10.4. The van der Waals surface area contributed by atoms with Gasteiger partial charge in [-0.1, -0.05) is 6.92 Å². The van der Waals surface area contributed by atoms with Crippen LogP contribution in [0.3, 0.4) is 0 Å². The highest BCUT2D eigenvalue weighted by Crippen LogP contribution is 2.27. The molecule has 1 aromatic rings. The molecule has 1 N–H and O–H groups in total. The normalized spacial score (nSPS) is 22.6. The Hall–Kier alpha value is -0.130. The van der Waals surface area contributed by atoms with Gasteiger partial charge in [-0.3, -0.25) is 4.68 Å². The zero-order chi connectivity index (χ0) is 12.3. The molecular formula is C12H20N2OS2. The monoisotopic (exact) mass is 272 g/mol. The third kappa shape index (κ3) is 3.42. The van der Waals surface area contributed by atoms with Crippen LogP contribution >= 0.6 is 23.5 Å². The van der Waals surface area contributed by atoms with Gasteiger partial charge in [-0.2, -0.15) is 28.6 Å². The Morgan fingerprint density at radius 1 is 1.59 bits per heavy atom. The van der Waals surface area contributed by atoms with E-state index in [1.807, 2.05) is 35.3 Å². The van der Waals surface area contributed by atoms with E-state index < -0.39 is 0 Å². The Morgan fingerprint density at radius 2 is 2.41 bits per heavy atom. The van der Waals surface area contributed by atoms with E-state index in [0.29, 0.717) is 5.25 Å². The van der Waals surface area contributed by atoms with Crippen LogP contribution in [0.15, 0.2) is 6.07 Å². The van der Waals surface area contributed by atoms with Gasteiger partial charge in [-0.05, 0) is 12.5 Å². The van der Waals surface area contributed by atoms with E-state index in [1.54, 1.807) is 0 Å². The summed E-state index contributed by atoms with van der Waals surface area (Å²) >= 11 is 3.86. The Morgan fingerprint density at radius 3 is 3.00 bits per heavy atom. The second kappa shape index (κ2) is 6.16. The van der Waals surface area contributed by atoms with Crippen LogP contribution in [0.4, 0.5) is 0 Å². The van der Waals surface area contributed by atoms with Gasteiger partial charge in [0.05, 0.1) is 11.8 Å². The fourth-order valence-electron chi connectivity index (χ4n) is 2.01. The largest absolute Gasteiger partial charge is 0.392 e. The molecule has 2 unspecified atom stereocenters. The Kier molecular flexibility index (Phi) is 4.82. The predicted octanol–water partition coefficient (Wildman–Crippen LogP) is 1.73. The summed E-state index contributed by atoms with van der Waals surface area (Å²) in [6, 6.07) is 2.11. The molecule has 0 amide bonds. The summed E-state index contributed by atoms with van der Waals surface area (Å²) in [5.41, 5.74) is 2.26.